The molecule has 0 radical (unpaired) electrons. The summed E-state index contributed by atoms with van der Waals surface area (Å²) in [4.78, 5) is 16.0. The van der Waals surface area contributed by atoms with Crippen LogP contribution in [0.25, 0.3) is 0 Å². The fraction of sp³-hybridized carbons (Fsp3) is 0.267. The number of amides is 1. The monoisotopic (exact) mass is 285 g/mol. The number of nitrogens with one attached hydrogen (secondary N) is 1. The number of aromatic nitrogens is 2. The minimum Gasteiger partial charge on any atom is -0.395 e. The van der Waals surface area contributed by atoms with Crippen molar-refractivity contribution >= 4 is 11.9 Å². The Morgan fingerprint density at radius 3 is 2.90 bits per heavy atom. The summed E-state index contributed by atoms with van der Waals surface area (Å²) in [7, 11) is 0. The van der Waals surface area contributed by atoms with E-state index < -0.39 is 0 Å². The van der Waals surface area contributed by atoms with Gasteiger partial charge in [-0.15, -0.1) is 0 Å². The predicted molar refractivity (Wildman–Crippen MR) is 76.7 cm³/mol. The van der Waals surface area contributed by atoms with Gasteiger partial charge in [0.15, 0.2) is 5.82 Å². The van der Waals surface area contributed by atoms with Gasteiger partial charge < -0.3 is 9.63 Å². The minimum absolute atomic E-state index is 0.0166. The van der Waals surface area contributed by atoms with Crippen molar-refractivity contribution in [2.75, 3.05) is 11.9 Å². The maximum absolute atomic E-state index is 12.1. The highest BCUT2D eigenvalue weighted by Gasteiger charge is 2.11. The zero-order valence-electron chi connectivity index (χ0n) is 11.8. The molecule has 0 saturated carbocycles. The van der Waals surface area contributed by atoms with Crippen LogP contribution in [-0.2, 0) is 0 Å². The van der Waals surface area contributed by atoms with Crippen LogP contribution in [0.4, 0.5) is 6.01 Å². The van der Waals surface area contributed by atoms with E-state index in [0.29, 0.717) is 17.8 Å². The molecule has 1 amide bonds. The Morgan fingerprint density at radius 1 is 1.43 bits per heavy atom. The number of carbonyl (C=O) groups is 1. The van der Waals surface area contributed by atoms with E-state index in [1.165, 1.54) is 0 Å². The first-order valence-corrected chi connectivity index (χ1v) is 6.42. The molecule has 0 aliphatic carbocycles. The molecule has 6 heteroatoms. The first-order chi connectivity index (χ1) is 10.1. The zero-order valence-corrected chi connectivity index (χ0v) is 11.8. The average Bonchev–Trinajstić information content (AvgIpc) is 2.86. The Morgan fingerprint density at radius 2 is 2.24 bits per heavy atom. The smallest absolute Gasteiger partial charge is 0.328 e. The number of carbonyl (C=O) groups excluding carboxylic acids is 1. The molecule has 1 aromatic heterocycles. The van der Waals surface area contributed by atoms with Gasteiger partial charge in [0.25, 0.3) is 5.91 Å². The number of anilines is 1. The Hall–Kier alpha value is -2.65. The third-order valence-corrected chi connectivity index (χ3v) is 2.71. The maximum atomic E-state index is 12.1. The molecule has 0 spiro atoms. The third-order valence-electron chi connectivity index (χ3n) is 2.71. The number of hydrogen-bond acceptors (Lipinski definition) is 5. The van der Waals surface area contributed by atoms with Gasteiger partial charge in [0.2, 0.25) is 0 Å². The number of nitrogens with zero attached hydrogens (tertiary/aromatic N) is 2. The fourth-order valence-corrected chi connectivity index (χ4v) is 1.63. The van der Waals surface area contributed by atoms with E-state index in [9.17, 15) is 4.79 Å². The lowest BCUT2D eigenvalue weighted by Crippen LogP contribution is -2.12. The van der Waals surface area contributed by atoms with Crippen LogP contribution in [0.2, 0.25) is 0 Å². The molecule has 1 heterocycles. The molecule has 0 aliphatic heterocycles. The van der Waals surface area contributed by atoms with Crippen LogP contribution < -0.4 is 5.32 Å². The predicted octanol–water partition coefficient (Wildman–Crippen LogP) is 1.67. The van der Waals surface area contributed by atoms with Crippen LogP contribution in [0.3, 0.4) is 0 Å². The van der Waals surface area contributed by atoms with Gasteiger partial charge in [-0.2, -0.15) is 4.98 Å². The molecule has 6 nitrogen and oxygen atoms in total. The van der Waals surface area contributed by atoms with Crippen molar-refractivity contribution < 1.29 is 14.4 Å². The maximum Gasteiger partial charge on any atom is 0.328 e. The van der Waals surface area contributed by atoms with Crippen molar-refractivity contribution in [3.8, 4) is 11.8 Å². The van der Waals surface area contributed by atoms with Gasteiger partial charge in [0.05, 0.1) is 6.61 Å². The van der Waals surface area contributed by atoms with Crippen LogP contribution in [0.5, 0.6) is 0 Å². The number of benzene rings is 1. The van der Waals surface area contributed by atoms with E-state index in [1.54, 1.807) is 19.1 Å². The summed E-state index contributed by atoms with van der Waals surface area (Å²) in [6.45, 7) is 3.59. The van der Waals surface area contributed by atoms with Gasteiger partial charge in [-0.05, 0) is 31.5 Å². The molecule has 108 valence electrons. The molecule has 0 aliphatic rings. The number of hydrogen-bond donors (Lipinski definition) is 2. The molecule has 2 aromatic rings. The summed E-state index contributed by atoms with van der Waals surface area (Å²) >= 11 is 0. The molecule has 21 heavy (non-hydrogen) atoms. The zero-order chi connectivity index (χ0) is 15.2. The summed E-state index contributed by atoms with van der Waals surface area (Å²) in [6.07, 6.45) is 0.400. The molecule has 0 atom stereocenters. The number of aliphatic hydroxyl groups excluding tert-OH is 1. The van der Waals surface area contributed by atoms with Crippen LogP contribution >= 0.6 is 0 Å². The Bertz CT molecular complexity index is 710. The number of rotatable bonds is 3. The minimum atomic E-state index is -0.344. The van der Waals surface area contributed by atoms with E-state index in [4.69, 9.17) is 9.63 Å². The Kier molecular flexibility index (Phi) is 4.69. The third kappa shape index (κ3) is 3.91. The molecule has 0 unspecified atom stereocenters. The first-order valence-electron chi connectivity index (χ1n) is 6.42. The molecular formula is C15H15N3O3. The first kappa shape index (κ1) is 14.8. The van der Waals surface area contributed by atoms with Crippen LogP contribution in [0, 0.1) is 25.7 Å². The highest BCUT2D eigenvalue weighted by atomic mass is 16.5. The van der Waals surface area contributed by atoms with Gasteiger partial charge in [0, 0.05) is 17.5 Å². The van der Waals surface area contributed by atoms with E-state index in [2.05, 4.69) is 27.3 Å². The van der Waals surface area contributed by atoms with Crippen molar-refractivity contribution in [1.82, 2.24) is 10.1 Å². The van der Waals surface area contributed by atoms with Crippen molar-refractivity contribution in [3.05, 3.63) is 40.7 Å². The van der Waals surface area contributed by atoms with Crippen LogP contribution in [-0.4, -0.2) is 27.8 Å². The van der Waals surface area contributed by atoms with Crippen molar-refractivity contribution in [2.24, 2.45) is 0 Å². The molecule has 2 rings (SSSR count). The van der Waals surface area contributed by atoms with Crippen LogP contribution in [0.15, 0.2) is 22.7 Å². The van der Waals surface area contributed by atoms with Crippen molar-refractivity contribution in [1.29, 1.82) is 0 Å². The van der Waals surface area contributed by atoms with E-state index in [1.807, 2.05) is 13.0 Å². The standard InChI is InChI=1S/C15H15N3O3/c1-10-6-7-13(9-12(10)5-3-4-8-19)14(20)17-15-16-11(2)18-21-15/h6-7,9,19H,4,8H2,1-2H3,(H,16,17,18,20). The summed E-state index contributed by atoms with van der Waals surface area (Å²) in [6, 6.07) is 5.27. The van der Waals surface area contributed by atoms with Gasteiger partial charge in [0.1, 0.15) is 0 Å². The lowest BCUT2D eigenvalue weighted by atomic mass is 10.0. The molecule has 0 fully saturated rings. The topological polar surface area (TPSA) is 88.2 Å². The molecule has 0 bridgehead atoms. The molecule has 0 saturated heterocycles. The Labute approximate surface area is 122 Å². The highest BCUT2D eigenvalue weighted by Crippen LogP contribution is 2.12. The largest absolute Gasteiger partial charge is 0.395 e. The molecule has 1 aromatic carbocycles. The second kappa shape index (κ2) is 6.68. The number of aryl methyl sites for hydroxylation is 2. The second-order valence-electron chi connectivity index (χ2n) is 4.41. The van der Waals surface area contributed by atoms with Gasteiger partial charge in [-0.3, -0.25) is 10.1 Å². The molecular weight excluding hydrogens is 270 g/mol. The quantitative estimate of drug-likeness (QED) is 0.837. The van der Waals surface area contributed by atoms with E-state index >= 15 is 0 Å². The lowest BCUT2D eigenvalue weighted by Gasteiger charge is -2.03. The number of aliphatic hydroxyl groups is 1. The van der Waals surface area contributed by atoms with Gasteiger partial charge >= 0.3 is 6.01 Å². The summed E-state index contributed by atoms with van der Waals surface area (Å²) in [5, 5.41) is 14.9. The summed E-state index contributed by atoms with van der Waals surface area (Å²) in [5.41, 5.74) is 2.16. The van der Waals surface area contributed by atoms with E-state index in [0.717, 1.165) is 11.1 Å². The SMILES string of the molecule is Cc1noc(NC(=O)c2ccc(C)c(C#CCCO)c2)n1. The molecule has 2 N–H and O–H groups in total. The average molecular weight is 285 g/mol. The van der Waals surface area contributed by atoms with Gasteiger partial charge in [-0.25, -0.2) is 0 Å². The summed E-state index contributed by atoms with van der Waals surface area (Å²) in [5.74, 6) is 5.88. The Balaban J connectivity index is 2.18. The van der Waals surface area contributed by atoms with Crippen molar-refractivity contribution in [3.63, 3.8) is 0 Å². The highest BCUT2D eigenvalue weighted by molar-refractivity contribution is 6.03. The fourth-order valence-electron chi connectivity index (χ4n) is 1.63. The normalized spacial score (nSPS) is 9.86. The van der Waals surface area contributed by atoms with Crippen molar-refractivity contribution in [2.45, 2.75) is 20.3 Å². The lowest BCUT2D eigenvalue weighted by molar-refractivity contribution is 0.102. The van der Waals surface area contributed by atoms with Gasteiger partial charge in [-0.1, -0.05) is 23.1 Å². The second-order valence-corrected chi connectivity index (χ2v) is 4.41. The summed E-state index contributed by atoms with van der Waals surface area (Å²) < 4.78 is 4.84. The van der Waals surface area contributed by atoms with E-state index in [-0.39, 0.29) is 18.5 Å². The van der Waals surface area contributed by atoms with Crippen LogP contribution in [0.1, 0.15) is 33.7 Å².